The summed E-state index contributed by atoms with van der Waals surface area (Å²) in [7, 11) is 2.09. The van der Waals surface area contributed by atoms with Gasteiger partial charge in [-0.05, 0) is 5.56 Å². The van der Waals surface area contributed by atoms with Crippen LogP contribution in [0, 0.1) is 0 Å². The van der Waals surface area contributed by atoms with E-state index < -0.39 is 8.97 Å². The molecular weight excluding hydrogens is 210 g/mol. The van der Waals surface area contributed by atoms with Gasteiger partial charge in [0.1, 0.15) is 0 Å². The summed E-state index contributed by atoms with van der Waals surface area (Å²) in [6.45, 7) is 0.669. The summed E-state index contributed by atoms with van der Waals surface area (Å²) in [6, 6.07) is 10.0. The third-order valence-electron chi connectivity index (χ3n) is 2.16. The van der Waals surface area contributed by atoms with Gasteiger partial charge in [0.05, 0.1) is 0 Å². The highest BCUT2D eigenvalue weighted by Gasteiger charge is 2.38. The summed E-state index contributed by atoms with van der Waals surface area (Å²) in [6.07, 6.45) is 0. The van der Waals surface area contributed by atoms with Crippen LogP contribution < -0.4 is 4.98 Å². The first kappa shape index (κ1) is 12.3. The van der Waals surface area contributed by atoms with Crippen LogP contribution >= 0.6 is 0 Å². The van der Waals surface area contributed by atoms with E-state index in [-0.39, 0.29) is 0 Å². The lowest BCUT2D eigenvalue weighted by atomic mass is 10.2. The van der Waals surface area contributed by atoms with Crippen molar-refractivity contribution in [1.29, 1.82) is 0 Å². The van der Waals surface area contributed by atoms with Gasteiger partial charge in [0.25, 0.3) is 0 Å². The second kappa shape index (κ2) is 5.99. The summed E-state index contributed by atoms with van der Waals surface area (Å²) in [4.78, 5) is 3.17. The van der Waals surface area contributed by atoms with Crippen LogP contribution in [0.3, 0.4) is 0 Å². The van der Waals surface area contributed by atoms with Gasteiger partial charge in [-0.1, -0.05) is 30.3 Å². The minimum atomic E-state index is -2.65. The van der Waals surface area contributed by atoms with Crippen molar-refractivity contribution in [2.24, 2.45) is 0 Å². The quantitative estimate of drug-likeness (QED) is 0.740. The Morgan fingerprint density at radius 2 is 1.53 bits per heavy atom. The van der Waals surface area contributed by atoms with Gasteiger partial charge in [0.15, 0.2) is 0 Å². The zero-order chi connectivity index (χ0) is 11.1. The molecule has 1 rings (SSSR count). The monoisotopic (exact) mass is 227 g/mol. The molecule has 5 heteroatoms. The standard InChI is InChI=1S/C10H17NO3Si/c1-12-15(13-2,14-3)11-9-10-7-5-4-6-8-10/h4-8,11H,9H2,1-3H3. The van der Waals surface area contributed by atoms with Crippen LogP contribution in [0.4, 0.5) is 0 Å². The van der Waals surface area contributed by atoms with Crippen molar-refractivity contribution in [2.45, 2.75) is 6.54 Å². The highest BCUT2D eigenvalue weighted by Crippen LogP contribution is 2.04. The van der Waals surface area contributed by atoms with Gasteiger partial charge in [-0.2, -0.15) is 0 Å². The smallest absolute Gasteiger partial charge is 0.364 e. The first-order valence-corrected chi connectivity index (χ1v) is 6.43. The molecule has 0 spiro atoms. The Hall–Kier alpha value is -0.723. The summed E-state index contributed by atoms with van der Waals surface area (Å²) in [5.74, 6) is 0. The van der Waals surface area contributed by atoms with Crippen LogP contribution in [0.5, 0.6) is 0 Å². The van der Waals surface area contributed by atoms with Crippen molar-refractivity contribution >= 4 is 8.97 Å². The van der Waals surface area contributed by atoms with Crippen LogP contribution in [0.15, 0.2) is 30.3 Å². The lowest BCUT2D eigenvalue weighted by molar-refractivity contribution is 0.109. The summed E-state index contributed by atoms with van der Waals surface area (Å²) in [5.41, 5.74) is 1.17. The topological polar surface area (TPSA) is 39.7 Å². The summed E-state index contributed by atoms with van der Waals surface area (Å²) in [5, 5.41) is 0. The normalized spacial score (nSPS) is 11.7. The molecule has 0 aliphatic carbocycles. The first-order chi connectivity index (χ1) is 7.26. The maximum absolute atomic E-state index is 5.24. The van der Waals surface area contributed by atoms with E-state index in [4.69, 9.17) is 13.3 Å². The summed E-state index contributed by atoms with van der Waals surface area (Å²) >= 11 is 0. The summed E-state index contributed by atoms with van der Waals surface area (Å²) < 4.78 is 15.7. The third-order valence-corrected chi connectivity index (χ3v) is 4.38. The maximum Gasteiger partial charge on any atom is 0.596 e. The van der Waals surface area contributed by atoms with E-state index in [1.807, 2.05) is 30.3 Å². The molecule has 0 fully saturated rings. The fourth-order valence-corrected chi connectivity index (χ4v) is 2.63. The van der Waals surface area contributed by atoms with Crippen LogP contribution in [-0.4, -0.2) is 30.3 Å². The molecule has 84 valence electrons. The lowest BCUT2D eigenvalue weighted by Crippen LogP contribution is -2.56. The van der Waals surface area contributed by atoms with Gasteiger partial charge >= 0.3 is 8.97 Å². The SMILES string of the molecule is CO[Si](NCc1ccccc1)(OC)OC. The van der Waals surface area contributed by atoms with Gasteiger partial charge in [-0.15, -0.1) is 0 Å². The number of benzene rings is 1. The fraction of sp³-hybridized carbons (Fsp3) is 0.400. The van der Waals surface area contributed by atoms with Crippen molar-refractivity contribution < 1.29 is 13.3 Å². The molecule has 1 N–H and O–H groups in total. The van der Waals surface area contributed by atoms with Crippen LogP contribution in [0.25, 0.3) is 0 Å². The average molecular weight is 227 g/mol. The molecule has 4 nitrogen and oxygen atoms in total. The first-order valence-electron chi connectivity index (χ1n) is 4.70. The Bertz CT molecular complexity index is 269. The molecule has 0 radical (unpaired) electrons. The van der Waals surface area contributed by atoms with E-state index in [9.17, 15) is 0 Å². The average Bonchev–Trinajstić information content (AvgIpc) is 2.33. The molecular formula is C10H17NO3Si. The van der Waals surface area contributed by atoms with Gasteiger partial charge in [0, 0.05) is 27.9 Å². The second-order valence-electron chi connectivity index (χ2n) is 3.01. The molecule has 0 aliphatic rings. The minimum absolute atomic E-state index is 0.669. The molecule has 15 heavy (non-hydrogen) atoms. The van der Waals surface area contributed by atoms with Gasteiger partial charge in [-0.3, -0.25) is 4.98 Å². The molecule has 0 aliphatic heterocycles. The zero-order valence-electron chi connectivity index (χ0n) is 9.32. The number of hydrogen-bond donors (Lipinski definition) is 1. The molecule has 0 bridgehead atoms. The molecule has 0 saturated heterocycles. The van der Waals surface area contributed by atoms with Gasteiger partial charge < -0.3 is 13.3 Å². The Morgan fingerprint density at radius 3 is 2.00 bits per heavy atom. The van der Waals surface area contributed by atoms with Gasteiger partial charge in [-0.25, -0.2) is 0 Å². The molecule has 0 amide bonds. The molecule has 0 heterocycles. The van der Waals surface area contributed by atoms with Crippen LogP contribution in [0.1, 0.15) is 5.56 Å². The lowest BCUT2D eigenvalue weighted by Gasteiger charge is -2.24. The number of hydrogen-bond acceptors (Lipinski definition) is 4. The van der Waals surface area contributed by atoms with Crippen molar-refractivity contribution in [3.8, 4) is 0 Å². The van der Waals surface area contributed by atoms with E-state index in [1.165, 1.54) is 5.56 Å². The van der Waals surface area contributed by atoms with E-state index in [0.717, 1.165) is 0 Å². The van der Waals surface area contributed by atoms with Crippen LogP contribution in [0.2, 0.25) is 0 Å². The third kappa shape index (κ3) is 3.40. The molecule has 1 aromatic carbocycles. The molecule has 0 atom stereocenters. The highest BCUT2D eigenvalue weighted by molar-refractivity contribution is 6.57. The minimum Gasteiger partial charge on any atom is -0.364 e. The van der Waals surface area contributed by atoms with Crippen molar-refractivity contribution in [2.75, 3.05) is 21.3 Å². The Kier molecular flexibility index (Phi) is 4.93. The van der Waals surface area contributed by atoms with Crippen LogP contribution in [-0.2, 0) is 19.8 Å². The molecule has 1 aromatic rings. The largest absolute Gasteiger partial charge is 0.596 e. The Morgan fingerprint density at radius 1 is 1.00 bits per heavy atom. The van der Waals surface area contributed by atoms with Crippen molar-refractivity contribution in [3.63, 3.8) is 0 Å². The van der Waals surface area contributed by atoms with Crippen molar-refractivity contribution in [1.82, 2.24) is 4.98 Å². The maximum atomic E-state index is 5.24. The van der Waals surface area contributed by atoms with Crippen molar-refractivity contribution in [3.05, 3.63) is 35.9 Å². The van der Waals surface area contributed by atoms with Gasteiger partial charge in [0.2, 0.25) is 0 Å². The van der Waals surface area contributed by atoms with E-state index in [2.05, 4.69) is 4.98 Å². The molecule has 0 aromatic heterocycles. The molecule has 0 unspecified atom stereocenters. The second-order valence-corrected chi connectivity index (χ2v) is 5.70. The Labute approximate surface area is 91.6 Å². The fourth-order valence-electron chi connectivity index (χ4n) is 1.27. The Balaban J connectivity index is 2.54. The van der Waals surface area contributed by atoms with E-state index >= 15 is 0 Å². The number of nitrogens with one attached hydrogen (secondary N) is 1. The zero-order valence-corrected chi connectivity index (χ0v) is 10.3. The van der Waals surface area contributed by atoms with E-state index in [0.29, 0.717) is 6.54 Å². The number of rotatable bonds is 6. The molecule has 0 saturated carbocycles. The predicted molar refractivity (Wildman–Crippen MR) is 60.1 cm³/mol. The highest BCUT2D eigenvalue weighted by atomic mass is 28.4. The predicted octanol–water partition coefficient (Wildman–Crippen LogP) is 1.15. The van der Waals surface area contributed by atoms with E-state index in [1.54, 1.807) is 21.3 Å².